The zero-order valence-corrected chi connectivity index (χ0v) is 13.4. The molecule has 122 valence electrons. The summed E-state index contributed by atoms with van der Waals surface area (Å²) >= 11 is 0. The van der Waals surface area contributed by atoms with E-state index in [-0.39, 0.29) is 12.3 Å². The first kappa shape index (κ1) is 16.0. The average Bonchev–Trinajstić information content (AvgIpc) is 3.10. The molecule has 3 aromatic rings. The number of hydrogen-bond acceptors (Lipinski definition) is 3. The second-order valence-corrected chi connectivity index (χ2v) is 5.88. The van der Waals surface area contributed by atoms with Crippen molar-refractivity contribution in [3.8, 4) is 5.69 Å². The van der Waals surface area contributed by atoms with E-state index < -0.39 is 5.60 Å². The van der Waals surface area contributed by atoms with Crippen LogP contribution in [-0.4, -0.2) is 20.6 Å². The minimum absolute atomic E-state index is 0.0136. The smallest absolute Gasteiger partial charge is 0.227 e. The first-order valence-corrected chi connectivity index (χ1v) is 7.71. The normalized spacial score (nSPS) is 13.2. The molecule has 5 heteroatoms. The number of aromatic nitrogens is 2. The molecule has 0 fully saturated rings. The lowest BCUT2D eigenvalue weighted by Crippen LogP contribution is -2.28. The quantitative estimate of drug-likeness (QED) is 0.759. The van der Waals surface area contributed by atoms with Crippen LogP contribution in [0.2, 0.25) is 0 Å². The molecule has 1 atom stereocenters. The van der Waals surface area contributed by atoms with Gasteiger partial charge in [-0.1, -0.05) is 30.3 Å². The fourth-order valence-electron chi connectivity index (χ4n) is 2.55. The van der Waals surface area contributed by atoms with Gasteiger partial charge in [0.2, 0.25) is 5.91 Å². The Morgan fingerprint density at radius 1 is 1.17 bits per heavy atom. The maximum Gasteiger partial charge on any atom is 0.227 e. The van der Waals surface area contributed by atoms with Gasteiger partial charge in [0.25, 0.3) is 0 Å². The Morgan fingerprint density at radius 2 is 1.88 bits per heavy atom. The summed E-state index contributed by atoms with van der Waals surface area (Å²) in [5, 5.41) is 13.3. The van der Waals surface area contributed by atoms with Gasteiger partial charge in [-0.05, 0) is 36.8 Å². The molecule has 0 spiro atoms. The molecule has 3 rings (SSSR count). The summed E-state index contributed by atoms with van der Waals surface area (Å²) in [7, 11) is 0. The predicted molar refractivity (Wildman–Crippen MR) is 92.8 cm³/mol. The lowest BCUT2D eigenvalue weighted by molar-refractivity contribution is -0.120. The second kappa shape index (κ2) is 6.68. The number of nitrogens with one attached hydrogen (secondary N) is 1. The van der Waals surface area contributed by atoms with E-state index >= 15 is 0 Å². The molecule has 0 radical (unpaired) electrons. The molecule has 0 aliphatic rings. The van der Waals surface area contributed by atoms with E-state index in [0.29, 0.717) is 5.69 Å². The SMILES string of the molecule is CC(O)(CC(=O)Nc1ccc(-n2ccnc2)cc1)c1ccccc1. The van der Waals surface area contributed by atoms with Gasteiger partial charge in [0, 0.05) is 23.8 Å². The third-order valence-electron chi connectivity index (χ3n) is 3.85. The Morgan fingerprint density at radius 3 is 2.50 bits per heavy atom. The summed E-state index contributed by atoms with van der Waals surface area (Å²) in [6, 6.07) is 16.6. The molecule has 0 saturated heterocycles. The van der Waals surface area contributed by atoms with E-state index in [0.717, 1.165) is 11.3 Å². The van der Waals surface area contributed by atoms with Gasteiger partial charge in [0.05, 0.1) is 18.3 Å². The van der Waals surface area contributed by atoms with Crippen molar-refractivity contribution in [3.05, 3.63) is 78.9 Å². The fourth-order valence-corrected chi connectivity index (χ4v) is 2.55. The van der Waals surface area contributed by atoms with Gasteiger partial charge in [-0.2, -0.15) is 0 Å². The molecular formula is C19H19N3O2. The first-order valence-electron chi connectivity index (χ1n) is 7.71. The minimum atomic E-state index is -1.21. The van der Waals surface area contributed by atoms with Crippen molar-refractivity contribution >= 4 is 11.6 Å². The van der Waals surface area contributed by atoms with E-state index in [1.54, 1.807) is 19.4 Å². The standard InChI is InChI=1S/C19H19N3O2/c1-19(24,15-5-3-2-4-6-15)13-18(23)21-16-7-9-17(10-8-16)22-12-11-20-14-22/h2-12,14,24H,13H2,1H3,(H,21,23). The largest absolute Gasteiger partial charge is 0.385 e. The van der Waals surface area contributed by atoms with Crippen LogP contribution in [0.25, 0.3) is 5.69 Å². The van der Waals surface area contributed by atoms with Crippen LogP contribution in [0.15, 0.2) is 73.3 Å². The number of hydrogen-bond donors (Lipinski definition) is 2. The topological polar surface area (TPSA) is 67.2 Å². The van der Waals surface area contributed by atoms with Crippen LogP contribution in [0.3, 0.4) is 0 Å². The molecule has 2 N–H and O–H groups in total. The zero-order valence-electron chi connectivity index (χ0n) is 13.4. The van der Waals surface area contributed by atoms with Crippen LogP contribution in [0.5, 0.6) is 0 Å². The number of benzene rings is 2. The van der Waals surface area contributed by atoms with Gasteiger partial charge in [0.15, 0.2) is 0 Å². The Kier molecular flexibility index (Phi) is 4.44. The van der Waals surface area contributed by atoms with Crippen molar-refractivity contribution in [2.24, 2.45) is 0 Å². The summed E-state index contributed by atoms with van der Waals surface area (Å²) in [6.07, 6.45) is 5.26. The van der Waals surface area contributed by atoms with Gasteiger partial charge in [0.1, 0.15) is 0 Å². The van der Waals surface area contributed by atoms with E-state index in [4.69, 9.17) is 0 Å². The monoisotopic (exact) mass is 321 g/mol. The van der Waals surface area contributed by atoms with Gasteiger partial charge in [-0.3, -0.25) is 4.79 Å². The second-order valence-electron chi connectivity index (χ2n) is 5.88. The number of amides is 1. The molecule has 1 aromatic heterocycles. The van der Waals surface area contributed by atoms with Crippen LogP contribution < -0.4 is 5.32 Å². The maximum absolute atomic E-state index is 12.2. The molecule has 0 aliphatic carbocycles. The Labute approximate surface area is 140 Å². The first-order chi connectivity index (χ1) is 11.5. The fraction of sp³-hybridized carbons (Fsp3) is 0.158. The van der Waals surface area contributed by atoms with E-state index in [2.05, 4.69) is 10.3 Å². The van der Waals surface area contributed by atoms with Gasteiger partial charge >= 0.3 is 0 Å². The van der Waals surface area contributed by atoms with Crippen LogP contribution in [0.1, 0.15) is 18.9 Å². The van der Waals surface area contributed by atoms with Gasteiger partial charge < -0.3 is 15.0 Å². The molecule has 0 aliphatic heterocycles. The number of imidazole rings is 1. The summed E-state index contributed by atoms with van der Waals surface area (Å²) in [6.45, 7) is 1.64. The third kappa shape index (κ3) is 3.70. The molecule has 5 nitrogen and oxygen atoms in total. The minimum Gasteiger partial charge on any atom is -0.385 e. The van der Waals surface area contributed by atoms with Crippen molar-refractivity contribution < 1.29 is 9.90 Å². The van der Waals surface area contributed by atoms with E-state index in [1.807, 2.05) is 65.4 Å². The van der Waals surface area contributed by atoms with Crippen LogP contribution in [0.4, 0.5) is 5.69 Å². The molecule has 0 bridgehead atoms. The number of anilines is 1. The highest BCUT2D eigenvalue weighted by Gasteiger charge is 2.26. The molecule has 1 amide bonds. The lowest BCUT2D eigenvalue weighted by atomic mass is 9.92. The van der Waals surface area contributed by atoms with Crippen LogP contribution in [0, 0.1) is 0 Å². The summed E-state index contributed by atoms with van der Waals surface area (Å²) in [4.78, 5) is 16.2. The third-order valence-corrected chi connectivity index (χ3v) is 3.85. The highest BCUT2D eigenvalue weighted by molar-refractivity contribution is 5.91. The Hall–Kier alpha value is -2.92. The molecule has 1 heterocycles. The molecule has 0 saturated carbocycles. The van der Waals surface area contributed by atoms with Crippen molar-refractivity contribution in [2.45, 2.75) is 18.9 Å². The lowest BCUT2D eigenvalue weighted by Gasteiger charge is -2.23. The predicted octanol–water partition coefficient (Wildman–Crippen LogP) is 3.11. The number of rotatable bonds is 5. The molecule has 24 heavy (non-hydrogen) atoms. The van der Waals surface area contributed by atoms with Crippen molar-refractivity contribution in [3.63, 3.8) is 0 Å². The average molecular weight is 321 g/mol. The molecule has 1 unspecified atom stereocenters. The summed E-state index contributed by atoms with van der Waals surface area (Å²) in [5.41, 5.74) is 1.16. The zero-order chi connectivity index (χ0) is 17.0. The van der Waals surface area contributed by atoms with Crippen molar-refractivity contribution in [1.29, 1.82) is 0 Å². The van der Waals surface area contributed by atoms with E-state index in [9.17, 15) is 9.90 Å². The number of nitrogens with zero attached hydrogens (tertiary/aromatic N) is 2. The Balaban J connectivity index is 1.64. The number of carbonyl (C=O) groups excluding carboxylic acids is 1. The van der Waals surface area contributed by atoms with Crippen LogP contribution >= 0.6 is 0 Å². The molecule has 2 aromatic carbocycles. The highest BCUT2D eigenvalue weighted by atomic mass is 16.3. The molecular weight excluding hydrogens is 302 g/mol. The van der Waals surface area contributed by atoms with Crippen molar-refractivity contribution in [1.82, 2.24) is 9.55 Å². The van der Waals surface area contributed by atoms with Crippen molar-refractivity contribution in [2.75, 3.05) is 5.32 Å². The van der Waals surface area contributed by atoms with Crippen LogP contribution in [-0.2, 0) is 10.4 Å². The maximum atomic E-state index is 12.2. The highest BCUT2D eigenvalue weighted by Crippen LogP contribution is 2.24. The summed E-state index contributed by atoms with van der Waals surface area (Å²) in [5.74, 6) is -0.237. The Bertz CT molecular complexity index is 794. The van der Waals surface area contributed by atoms with E-state index in [1.165, 1.54) is 0 Å². The van der Waals surface area contributed by atoms with Gasteiger partial charge in [-0.15, -0.1) is 0 Å². The summed E-state index contributed by atoms with van der Waals surface area (Å²) < 4.78 is 1.88. The number of aliphatic hydroxyl groups is 1. The number of carbonyl (C=O) groups is 1. The van der Waals surface area contributed by atoms with Gasteiger partial charge in [-0.25, -0.2) is 4.98 Å².